The van der Waals surface area contributed by atoms with Gasteiger partial charge in [0.2, 0.25) is 0 Å². The van der Waals surface area contributed by atoms with Gasteiger partial charge in [0.1, 0.15) is 15.4 Å². The molecule has 1 N–H and O–H groups in total. The zero-order chi connectivity index (χ0) is 20.4. The molecule has 2 heterocycles. The van der Waals surface area contributed by atoms with E-state index in [1.54, 1.807) is 24.4 Å². The Balaban J connectivity index is 1.58. The monoisotopic (exact) mass is 427 g/mol. The fraction of sp³-hybridized carbons (Fsp3) is 0.100. The molecule has 2 aromatic heterocycles. The van der Waals surface area contributed by atoms with Crippen molar-refractivity contribution in [1.82, 2.24) is 9.97 Å². The molecule has 9 heteroatoms. The first-order valence-electron chi connectivity index (χ1n) is 8.57. The number of methoxy groups -OCH3 is 2. The van der Waals surface area contributed by atoms with Crippen molar-refractivity contribution in [1.29, 1.82) is 0 Å². The molecular weight excluding hydrogens is 410 g/mol. The number of hydrogen-bond acceptors (Lipinski definition) is 7. The van der Waals surface area contributed by atoms with Crippen LogP contribution in [0.4, 0.5) is 5.69 Å². The third-order valence-electron chi connectivity index (χ3n) is 4.22. The standard InChI is InChI=1S/C20H17N3O4S2/c1-26-17-10-9-15(12-18(17)27-2)29(24,25)23-14-7-5-13(6-8-14)19-22-16-4-3-11-21-20(16)28-19/h3-12,23H,1-2H3. The summed E-state index contributed by atoms with van der Waals surface area (Å²) in [5.41, 5.74) is 2.18. The summed E-state index contributed by atoms with van der Waals surface area (Å²) >= 11 is 1.49. The molecule has 0 aliphatic heterocycles. The Morgan fingerprint density at radius 3 is 2.41 bits per heavy atom. The number of anilines is 1. The summed E-state index contributed by atoms with van der Waals surface area (Å²) in [6.45, 7) is 0. The van der Waals surface area contributed by atoms with Crippen molar-refractivity contribution in [2.75, 3.05) is 18.9 Å². The lowest BCUT2D eigenvalue weighted by Gasteiger charge is -2.12. The molecule has 0 amide bonds. The Kier molecular flexibility index (Phi) is 5.08. The van der Waals surface area contributed by atoms with Gasteiger partial charge in [0.15, 0.2) is 11.5 Å². The number of ether oxygens (including phenoxy) is 2. The average Bonchev–Trinajstić information content (AvgIpc) is 3.17. The minimum Gasteiger partial charge on any atom is -0.493 e. The minimum atomic E-state index is -3.78. The van der Waals surface area contributed by atoms with Crippen molar-refractivity contribution < 1.29 is 17.9 Å². The van der Waals surface area contributed by atoms with E-state index in [-0.39, 0.29) is 4.90 Å². The topological polar surface area (TPSA) is 90.4 Å². The van der Waals surface area contributed by atoms with Gasteiger partial charge in [-0.1, -0.05) is 11.3 Å². The first-order valence-corrected chi connectivity index (χ1v) is 10.9. The molecule has 2 aromatic carbocycles. The molecule has 4 aromatic rings. The van der Waals surface area contributed by atoms with Crippen LogP contribution in [0.2, 0.25) is 0 Å². The zero-order valence-corrected chi connectivity index (χ0v) is 17.3. The molecule has 29 heavy (non-hydrogen) atoms. The summed E-state index contributed by atoms with van der Waals surface area (Å²) in [5.74, 6) is 0.802. The Morgan fingerprint density at radius 1 is 0.966 bits per heavy atom. The number of rotatable bonds is 6. The van der Waals surface area contributed by atoms with Crippen LogP contribution in [-0.2, 0) is 10.0 Å². The van der Waals surface area contributed by atoms with Crippen LogP contribution < -0.4 is 14.2 Å². The molecule has 0 saturated carbocycles. The van der Waals surface area contributed by atoms with Crippen LogP contribution >= 0.6 is 11.3 Å². The fourth-order valence-corrected chi connectivity index (χ4v) is 4.76. The molecule has 4 rings (SSSR count). The molecule has 0 fully saturated rings. The van der Waals surface area contributed by atoms with Crippen molar-refractivity contribution in [3.63, 3.8) is 0 Å². The van der Waals surface area contributed by atoms with Crippen LogP contribution in [0, 0.1) is 0 Å². The van der Waals surface area contributed by atoms with Crippen LogP contribution in [0.5, 0.6) is 11.5 Å². The average molecular weight is 428 g/mol. The molecule has 0 aliphatic rings. The van der Waals surface area contributed by atoms with E-state index in [1.165, 1.54) is 37.7 Å². The quantitative estimate of drug-likeness (QED) is 0.497. The third-order valence-corrected chi connectivity index (χ3v) is 6.62. The smallest absolute Gasteiger partial charge is 0.262 e. The normalized spacial score (nSPS) is 11.4. The molecule has 0 bridgehead atoms. The first kappa shape index (κ1) is 19.2. The molecular formula is C20H17N3O4S2. The predicted octanol–water partition coefficient (Wildman–Crippen LogP) is 4.18. The summed E-state index contributed by atoms with van der Waals surface area (Å²) in [4.78, 5) is 9.80. The highest BCUT2D eigenvalue weighted by molar-refractivity contribution is 7.92. The number of sulfonamides is 1. The lowest BCUT2D eigenvalue weighted by atomic mass is 10.2. The second-order valence-electron chi connectivity index (χ2n) is 6.05. The Labute approximate surface area is 172 Å². The lowest BCUT2D eigenvalue weighted by Crippen LogP contribution is -2.13. The maximum Gasteiger partial charge on any atom is 0.262 e. The molecule has 0 atom stereocenters. The summed E-state index contributed by atoms with van der Waals surface area (Å²) in [5, 5.41) is 0.827. The Bertz CT molecular complexity index is 1240. The first-order chi connectivity index (χ1) is 14.0. The SMILES string of the molecule is COc1ccc(S(=O)(=O)Nc2ccc(-c3nc4cccnc4s3)cc2)cc1OC. The molecule has 0 radical (unpaired) electrons. The highest BCUT2D eigenvalue weighted by atomic mass is 32.2. The number of benzene rings is 2. The van der Waals surface area contributed by atoms with E-state index in [4.69, 9.17) is 9.47 Å². The van der Waals surface area contributed by atoms with Crippen LogP contribution in [0.15, 0.2) is 65.7 Å². The largest absolute Gasteiger partial charge is 0.493 e. The Hall–Kier alpha value is -3.17. The van der Waals surface area contributed by atoms with Crippen molar-refractivity contribution in [3.8, 4) is 22.1 Å². The van der Waals surface area contributed by atoms with E-state index in [1.807, 2.05) is 24.3 Å². The van der Waals surface area contributed by atoms with Gasteiger partial charge in [-0.3, -0.25) is 4.72 Å². The maximum atomic E-state index is 12.7. The number of thiazole rings is 1. The van der Waals surface area contributed by atoms with E-state index in [2.05, 4.69) is 14.7 Å². The summed E-state index contributed by atoms with van der Waals surface area (Å²) < 4.78 is 38.3. The molecule has 0 unspecified atom stereocenters. The number of nitrogens with one attached hydrogen (secondary N) is 1. The predicted molar refractivity (Wildman–Crippen MR) is 113 cm³/mol. The lowest BCUT2D eigenvalue weighted by molar-refractivity contribution is 0.354. The molecule has 0 aliphatic carbocycles. The van der Waals surface area contributed by atoms with E-state index >= 15 is 0 Å². The summed E-state index contributed by atoms with van der Waals surface area (Å²) in [6, 6.07) is 15.2. The minimum absolute atomic E-state index is 0.0801. The van der Waals surface area contributed by atoms with Gasteiger partial charge in [0.25, 0.3) is 10.0 Å². The van der Waals surface area contributed by atoms with Crippen LogP contribution in [-0.4, -0.2) is 32.6 Å². The summed E-state index contributed by atoms with van der Waals surface area (Å²) in [6.07, 6.45) is 1.73. The zero-order valence-electron chi connectivity index (χ0n) is 15.6. The van der Waals surface area contributed by atoms with Gasteiger partial charge in [-0.15, -0.1) is 0 Å². The van der Waals surface area contributed by atoms with E-state index in [0.29, 0.717) is 17.2 Å². The summed E-state index contributed by atoms with van der Waals surface area (Å²) in [7, 11) is -0.828. The van der Waals surface area contributed by atoms with Gasteiger partial charge >= 0.3 is 0 Å². The molecule has 7 nitrogen and oxygen atoms in total. The molecule has 148 valence electrons. The van der Waals surface area contributed by atoms with Crippen molar-refractivity contribution in [3.05, 3.63) is 60.8 Å². The van der Waals surface area contributed by atoms with Crippen molar-refractivity contribution in [2.24, 2.45) is 0 Å². The second kappa shape index (κ2) is 7.69. The van der Waals surface area contributed by atoms with Crippen molar-refractivity contribution in [2.45, 2.75) is 4.90 Å². The van der Waals surface area contributed by atoms with Crippen LogP contribution in [0.1, 0.15) is 0 Å². The van der Waals surface area contributed by atoms with Crippen LogP contribution in [0.25, 0.3) is 20.9 Å². The molecule has 0 saturated heterocycles. The number of nitrogens with zero attached hydrogens (tertiary/aromatic N) is 2. The second-order valence-corrected chi connectivity index (χ2v) is 8.71. The van der Waals surface area contributed by atoms with Gasteiger partial charge < -0.3 is 9.47 Å². The van der Waals surface area contributed by atoms with Gasteiger partial charge in [-0.25, -0.2) is 18.4 Å². The Morgan fingerprint density at radius 2 is 1.72 bits per heavy atom. The highest BCUT2D eigenvalue weighted by Gasteiger charge is 2.17. The van der Waals surface area contributed by atoms with Gasteiger partial charge in [0.05, 0.1) is 19.1 Å². The van der Waals surface area contributed by atoms with Gasteiger partial charge in [-0.05, 0) is 48.5 Å². The van der Waals surface area contributed by atoms with E-state index in [9.17, 15) is 8.42 Å². The third kappa shape index (κ3) is 3.87. The number of aromatic nitrogens is 2. The number of hydrogen-bond donors (Lipinski definition) is 1. The van der Waals surface area contributed by atoms with Gasteiger partial charge in [0, 0.05) is 23.5 Å². The maximum absolute atomic E-state index is 12.7. The van der Waals surface area contributed by atoms with Crippen molar-refractivity contribution >= 4 is 37.4 Å². The number of fused-ring (bicyclic) bond motifs is 1. The van der Waals surface area contributed by atoms with E-state index in [0.717, 1.165) is 20.9 Å². The highest BCUT2D eigenvalue weighted by Crippen LogP contribution is 2.31. The van der Waals surface area contributed by atoms with Crippen LogP contribution in [0.3, 0.4) is 0 Å². The van der Waals surface area contributed by atoms with Gasteiger partial charge in [-0.2, -0.15) is 0 Å². The van der Waals surface area contributed by atoms with E-state index < -0.39 is 10.0 Å². The molecule has 0 spiro atoms. The number of pyridine rings is 1. The fourth-order valence-electron chi connectivity index (χ4n) is 2.77.